The molecular formula is C15H15BO3. The zero-order valence-corrected chi connectivity index (χ0v) is 10.5. The molecule has 4 heteroatoms. The van der Waals surface area contributed by atoms with Crippen LogP contribution in [-0.2, 0) is 6.42 Å². The van der Waals surface area contributed by atoms with Crippen molar-refractivity contribution in [3.63, 3.8) is 0 Å². The van der Waals surface area contributed by atoms with Gasteiger partial charge >= 0.3 is 7.12 Å². The SMILES string of the molecule is OB(O)c1ccc(OCC2Cc3ccccc32)cc1. The Morgan fingerprint density at radius 1 is 1.05 bits per heavy atom. The van der Waals surface area contributed by atoms with E-state index in [0.717, 1.165) is 12.2 Å². The van der Waals surface area contributed by atoms with Gasteiger partial charge in [-0.3, -0.25) is 0 Å². The molecule has 0 bridgehead atoms. The maximum absolute atomic E-state index is 9.00. The number of hydrogen-bond donors (Lipinski definition) is 2. The van der Waals surface area contributed by atoms with E-state index >= 15 is 0 Å². The van der Waals surface area contributed by atoms with Crippen LogP contribution in [0.15, 0.2) is 48.5 Å². The summed E-state index contributed by atoms with van der Waals surface area (Å²) >= 11 is 0. The van der Waals surface area contributed by atoms with Crippen molar-refractivity contribution in [3.05, 3.63) is 59.7 Å². The molecule has 0 aliphatic heterocycles. The third kappa shape index (κ3) is 2.50. The molecule has 0 fully saturated rings. The van der Waals surface area contributed by atoms with Gasteiger partial charge in [-0.1, -0.05) is 36.4 Å². The molecule has 1 atom stereocenters. The minimum atomic E-state index is -1.42. The lowest BCUT2D eigenvalue weighted by atomic mass is 9.78. The molecule has 3 nitrogen and oxygen atoms in total. The van der Waals surface area contributed by atoms with Gasteiger partial charge in [-0.2, -0.15) is 0 Å². The molecule has 2 aromatic rings. The molecule has 96 valence electrons. The molecule has 0 amide bonds. The van der Waals surface area contributed by atoms with E-state index in [0.29, 0.717) is 18.0 Å². The topological polar surface area (TPSA) is 49.7 Å². The van der Waals surface area contributed by atoms with Gasteiger partial charge in [-0.05, 0) is 35.1 Å². The van der Waals surface area contributed by atoms with Gasteiger partial charge in [0.1, 0.15) is 5.75 Å². The van der Waals surface area contributed by atoms with E-state index in [9.17, 15) is 0 Å². The molecule has 1 aliphatic carbocycles. The summed E-state index contributed by atoms with van der Waals surface area (Å²) in [5.74, 6) is 1.23. The second kappa shape index (κ2) is 5.07. The molecule has 0 aromatic heterocycles. The maximum atomic E-state index is 9.00. The highest BCUT2D eigenvalue weighted by atomic mass is 16.5. The Morgan fingerprint density at radius 2 is 1.79 bits per heavy atom. The lowest BCUT2D eigenvalue weighted by molar-refractivity contribution is 0.275. The molecule has 0 saturated carbocycles. The molecule has 0 spiro atoms. The average molecular weight is 254 g/mol. The Hall–Kier alpha value is -1.78. The van der Waals surface area contributed by atoms with Gasteiger partial charge in [-0.15, -0.1) is 0 Å². The summed E-state index contributed by atoms with van der Waals surface area (Å²) in [5, 5.41) is 18.0. The lowest BCUT2D eigenvalue weighted by Gasteiger charge is -2.29. The van der Waals surface area contributed by atoms with E-state index in [2.05, 4.69) is 24.3 Å². The van der Waals surface area contributed by atoms with E-state index in [1.165, 1.54) is 11.1 Å². The third-order valence-electron chi connectivity index (χ3n) is 3.59. The Morgan fingerprint density at radius 3 is 2.47 bits per heavy atom. The molecule has 0 heterocycles. The van der Waals surface area contributed by atoms with Crippen LogP contribution < -0.4 is 10.2 Å². The summed E-state index contributed by atoms with van der Waals surface area (Å²) in [6.45, 7) is 0.665. The molecule has 1 aliphatic rings. The number of ether oxygens (including phenoxy) is 1. The highest BCUT2D eigenvalue weighted by Gasteiger charge is 2.25. The lowest BCUT2D eigenvalue weighted by Crippen LogP contribution is -2.29. The van der Waals surface area contributed by atoms with Crippen molar-refractivity contribution in [2.75, 3.05) is 6.61 Å². The van der Waals surface area contributed by atoms with Crippen molar-refractivity contribution in [3.8, 4) is 5.75 Å². The number of fused-ring (bicyclic) bond motifs is 1. The Bertz CT molecular complexity index is 566. The zero-order valence-electron chi connectivity index (χ0n) is 10.5. The third-order valence-corrected chi connectivity index (χ3v) is 3.59. The van der Waals surface area contributed by atoms with Crippen LogP contribution in [0.5, 0.6) is 5.75 Å². The van der Waals surface area contributed by atoms with Gasteiger partial charge in [-0.25, -0.2) is 0 Å². The fraction of sp³-hybridized carbons (Fsp3) is 0.200. The Kier molecular flexibility index (Phi) is 3.28. The fourth-order valence-corrected chi connectivity index (χ4v) is 2.44. The summed E-state index contributed by atoms with van der Waals surface area (Å²) in [5.41, 5.74) is 3.26. The van der Waals surface area contributed by atoms with Gasteiger partial charge in [0.05, 0.1) is 6.61 Å². The van der Waals surface area contributed by atoms with Crippen molar-refractivity contribution in [1.29, 1.82) is 0 Å². The standard InChI is InChI=1S/C15H15BO3/c17-16(18)13-5-7-14(8-6-13)19-10-12-9-11-3-1-2-4-15(11)12/h1-8,12,17-18H,9-10H2. The van der Waals surface area contributed by atoms with Crippen molar-refractivity contribution >= 4 is 12.6 Å². The smallest absolute Gasteiger partial charge is 0.488 e. The fourth-order valence-electron chi connectivity index (χ4n) is 2.44. The van der Waals surface area contributed by atoms with E-state index < -0.39 is 7.12 Å². The minimum absolute atomic E-state index is 0.472. The average Bonchev–Trinajstić information content (AvgIpc) is 2.40. The second-order valence-electron chi connectivity index (χ2n) is 4.85. The van der Waals surface area contributed by atoms with E-state index in [1.807, 2.05) is 0 Å². The van der Waals surface area contributed by atoms with Crippen molar-refractivity contribution in [2.45, 2.75) is 12.3 Å². The molecule has 2 N–H and O–H groups in total. The molecule has 2 aromatic carbocycles. The predicted octanol–water partition coefficient (Wildman–Crippen LogP) is 1.09. The summed E-state index contributed by atoms with van der Waals surface area (Å²) in [6, 6.07) is 15.3. The van der Waals surface area contributed by atoms with Crippen LogP contribution in [0.1, 0.15) is 17.0 Å². The summed E-state index contributed by atoms with van der Waals surface area (Å²) < 4.78 is 5.74. The first kappa shape index (κ1) is 12.3. The van der Waals surface area contributed by atoms with Gasteiger partial charge in [0.15, 0.2) is 0 Å². The molecular weight excluding hydrogens is 239 g/mol. The van der Waals surface area contributed by atoms with Crippen LogP contribution in [-0.4, -0.2) is 23.8 Å². The van der Waals surface area contributed by atoms with Crippen LogP contribution in [0, 0.1) is 0 Å². The van der Waals surface area contributed by atoms with E-state index in [4.69, 9.17) is 14.8 Å². The van der Waals surface area contributed by atoms with Crippen LogP contribution >= 0.6 is 0 Å². The van der Waals surface area contributed by atoms with Gasteiger partial charge in [0.2, 0.25) is 0 Å². The van der Waals surface area contributed by atoms with Crippen molar-refractivity contribution in [1.82, 2.24) is 0 Å². The molecule has 0 radical (unpaired) electrons. The first-order valence-electron chi connectivity index (χ1n) is 6.41. The van der Waals surface area contributed by atoms with Gasteiger partial charge < -0.3 is 14.8 Å². The largest absolute Gasteiger partial charge is 0.493 e. The Balaban J connectivity index is 1.59. The Labute approximate surface area is 112 Å². The minimum Gasteiger partial charge on any atom is -0.493 e. The van der Waals surface area contributed by atoms with Crippen LogP contribution in [0.4, 0.5) is 0 Å². The van der Waals surface area contributed by atoms with Crippen LogP contribution in [0.2, 0.25) is 0 Å². The summed E-state index contributed by atoms with van der Waals surface area (Å²) in [4.78, 5) is 0. The molecule has 0 saturated heterocycles. The van der Waals surface area contributed by atoms with Gasteiger partial charge in [0, 0.05) is 5.92 Å². The zero-order chi connectivity index (χ0) is 13.2. The molecule has 1 unspecified atom stereocenters. The maximum Gasteiger partial charge on any atom is 0.488 e. The molecule has 3 rings (SSSR count). The number of rotatable bonds is 4. The van der Waals surface area contributed by atoms with Crippen molar-refractivity contribution in [2.24, 2.45) is 0 Å². The highest BCUT2D eigenvalue weighted by molar-refractivity contribution is 6.58. The quantitative estimate of drug-likeness (QED) is 0.803. The van der Waals surface area contributed by atoms with Crippen molar-refractivity contribution < 1.29 is 14.8 Å². The summed E-state index contributed by atoms with van der Waals surface area (Å²) in [7, 11) is -1.42. The number of benzene rings is 2. The summed E-state index contributed by atoms with van der Waals surface area (Å²) in [6.07, 6.45) is 1.07. The van der Waals surface area contributed by atoms with Gasteiger partial charge in [0.25, 0.3) is 0 Å². The monoisotopic (exact) mass is 254 g/mol. The van der Waals surface area contributed by atoms with E-state index in [-0.39, 0.29) is 0 Å². The molecule has 19 heavy (non-hydrogen) atoms. The van der Waals surface area contributed by atoms with E-state index in [1.54, 1.807) is 24.3 Å². The number of hydrogen-bond acceptors (Lipinski definition) is 3. The first-order valence-corrected chi connectivity index (χ1v) is 6.41. The highest BCUT2D eigenvalue weighted by Crippen LogP contribution is 2.34. The predicted molar refractivity (Wildman–Crippen MR) is 74.6 cm³/mol. The normalized spacial score (nSPS) is 16.4. The first-order chi connectivity index (χ1) is 9.24. The second-order valence-corrected chi connectivity index (χ2v) is 4.85. The van der Waals surface area contributed by atoms with Crippen LogP contribution in [0.25, 0.3) is 0 Å². The van der Waals surface area contributed by atoms with Crippen LogP contribution in [0.3, 0.4) is 0 Å².